The molecule has 3 nitrogen and oxygen atoms in total. The molecular weight excluding hydrogens is 266 g/mol. The minimum absolute atomic E-state index is 0.557. The first-order chi connectivity index (χ1) is 9.54. The molecule has 0 saturated carbocycles. The average Bonchev–Trinajstić information content (AvgIpc) is 2.59. The van der Waals surface area contributed by atoms with E-state index < -0.39 is 0 Å². The highest BCUT2D eigenvalue weighted by molar-refractivity contribution is 7.12. The van der Waals surface area contributed by atoms with E-state index >= 15 is 0 Å². The molecule has 2 rings (SSSR count). The van der Waals surface area contributed by atoms with Crippen LogP contribution in [0.2, 0.25) is 0 Å². The van der Waals surface area contributed by atoms with Crippen molar-refractivity contribution in [2.75, 3.05) is 33.2 Å². The second-order valence-corrected chi connectivity index (χ2v) is 7.60. The van der Waals surface area contributed by atoms with E-state index in [9.17, 15) is 0 Å². The van der Waals surface area contributed by atoms with Gasteiger partial charge < -0.3 is 10.2 Å². The molecular formula is C16H29N3S. The van der Waals surface area contributed by atoms with Crippen LogP contribution in [0.4, 0.5) is 0 Å². The fraction of sp³-hybridized carbons (Fsp3) is 0.750. The number of hydrogen-bond donors (Lipinski definition) is 1. The molecule has 1 N–H and O–H groups in total. The Labute approximate surface area is 128 Å². The highest BCUT2D eigenvalue weighted by Gasteiger charge is 2.14. The molecule has 1 aliphatic heterocycles. The molecule has 0 radical (unpaired) electrons. The van der Waals surface area contributed by atoms with E-state index in [1.807, 2.05) is 11.3 Å². The van der Waals surface area contributed by atoms with Crippen molar-refractivity contribution in [2.24, 2.45) is 0 Å². The lowest BCUT2D eigenvalue weighted by Gasteiger charge is -2.19. The van der Waals surface area contributed by atoms with Crippen LogP contribution in [0.3, 0.4) is 0 Å². The summed E-state index contributed by atoms with van der Waals surface area (Å²) in [6, 6.07) is 2.96. The molecule has 0 bridgehead atoms. The van der Waals surface area contributed by atoms with Gasteiger partial charge in [-0.15, -0.1) is 11.3 Å². The van der Waals surface area contributed by atoms with Gasteiger partial charge in [0.1, 0.15) is 0 Å². The number of nitrogens with one attached hydrogen (secondary N) is 1. The van der Waals surface area contributed by atoms with Gasteiger partial charge in [0.15, 0.2) is 0 Å². The lowest BCUT2D eigenvalue weighted by molar-refractivity contribution is 0.269. The second kappa shape index (κ2) is 7.55. The maximum Gasteiger partial charge on any atom is 0.0302 e. The van der Waals surface area contributed by atoms with Crippen molar-refractivity contribution in [2.45, 2.75) is 46.3 Å². The second-order valence-electron chi connectivity index (χ2n) is 6.26. The molecule has 1 aliphatic rings. The molecule has 20 heavy (non-hydrogen) atoms. The Morgan fingerprint density at radius 3 is 2.80 bits per heavy atom. The van der Waals surface area contributed by atoms with Gasteiger partial charge in [-0.1, -0.05) is 13.8 Å². The highest BCUT2D eigenvalue weighted by Crippen LogP contribution is 2.23. The number of rotatable bonds is 5. The maximum absolute atomic E-state index is 3.51. The Morgan fingerprint density at radius 1 is 1.25 bits per heavy atom. The van der Waals surface area contributed by atoms with E-state index in [0.29, 0.717) is 6.04 Å². The molecule has 1 aromatic heterocycles. The zero-order valence-corrected chi connectivity index (χ0v) is 14.2. The molecule has 0 atom stereocenters. The third-order valence-corrected chi connectivity index (χ3v) is 5.05. The lowest BCUT2D eigenvalue weighted by Crippen LogP contribution is -2.28. The Kier molecular flexibility index (Phi) is 6.02. The lowest BCUT2D eigenvalue weighted by atomic mass is 10.2. The van der Waals surface area contributed by atoms with Crippen molar-refractivity contribution in [3.05, 3.63) is 21.4 Å². The third kappa shape index (κ3) is 4.85. The topological polar surface area (TPSA) is 18.5 Å². The van der Waals surface area contributed by atoms with Crippen LogP contribution in [-0.4, -0.2) is 49.1 Å². The van der Waals surface area contributed by atoms with Crippen molar-refractivity contribution in [3.8, 4) is 0 Å². The van der Waals surface area contributed by atoms with E-state index in [0.717, 1.165) is 13.1 Å². The van der Waals surface area contributed by atoms with Crippen LogP contribution in [0.25, 0.3) is 0 Å². The summed E-state index contributed by atoms with van der Waals surface area (Å²) in [5.41, 5.74) is 1.53. The largest absolute Gasteiger partial charge is 0.310 e. The summed E-state index contributed by atoms with van der Waals surface area (Å²) in [5, 5.41) is 3.51. The fourth-order valence-corrected chi connectivity index (χ4v) is 3.64. The number of likely N-dealkylation sites (N-methyl/N-ethyl adjacent to an activating group) is 1. The van der Waals surface area contributed by atoms with Crippen LogP contribution in [0.1, 0.15) is 35.6 Å². The van der Waals surface area contributed by atoms with E-state index in [-0.39, 0.29) is 0 Å². The maximum atomic E-state index is 3.51. The average molecular weight is 295 g/mol. The van der Waals surface area contributed by atoms with Crippen LogP contribution in [-0.2, 0) is 13.1 Å². The molecule has 0 spiro atoms. The summed E-state index contributed by atoms with van der Waals surface area (Å²) in [7, 11) is 2.23. The van der Waals surface area contributed by atoms with Gasteiger partial charge in [-0.2, -0.15) is 0 Å². The Balaban J connectivity index is 1.91. The first-order valence-corrected chi connectivity index (χ1v) is 8.58. The first kappa shape index (κ1) is 16.0. The van der Waals surface area contributed by atoms with Gasteiger partial charge in [0, 0.05) is 42.0 Å². The highest BCUT2D eigenvalue weighted by atomic mass is 32.1. The summed E-state index contributed by atoms with van der Waals surface area (Å²) >= 11 is 1.95. The van der Waals surface area contributed by atoms with Crippen LogP contribution in [0, 0.1) is 6.92 Å². The summed E-state index contributed by atoms with van der Waals surface area (Å²) in [6.07, 6.45) is 1.29. The number of thiophene rings is 1. The molecule has 2 heterocycles. The van der Waals surface area contributed by atoms with Gasteiger partial charge in [-0.3, -0.25) is 4.90 Å². The molecule has 0 amide bonds. The van der Waals surface area contributed by atoms with E-state index in [1.54, 1.807) is 0 Å². The fourth-order valence-electron chi connectivity index (χ4n) is 2.64. The van der Waals surface area contributed by atoms with Crippen molar-refractivity contribution in [1.29, 1.82) is 0 Å². The molecule has 0 aromatic carbocycles. The van der Waals surface area contributed by atoms with Crippen LogP contribution in [0.15, 0.2) is 6.07 Å². The predicted octanol–water partition coefficient (Wildman–Crippen LogP) is 2.69. The summed E-state index contributed by atoms with van der Waals surface area (Å²) in [5.74, 6) is 0. The zero-order valence-electron chi connectivity index (χ0n) is 13.4. The molecule has 114 valence electrons. The number of nitrogens with zero attached hydrogens (tertiary/aromatic N) is 2. The number of hydrogen-bond acceptors (Lipinski definition) is 4. The van der Waals surface area contributed by atoms with Gasteiger partial charge in [-0.25, -0.2) is 0 Å². The minimum atomic E-state index is 0.557. The predicted molar refractivity (Wildman–Crippen MR) is 88.4 cm³/mol. The summed E-state index contributed by atoms with van der Waals surface area (Å²) in [4.78, 5) is 8.01. The van der Waals surface area contributed by atoms with Crippen molar-refractivity contribution in [1.82, 2.24) is 15.1 Å². The molecule has 1 saturated heterocycles. The smallest absolute Gasteiger partial charge is 0.0302 e. The first-order valence-electron chi connectivity index (χ1n) is 7.77. The normalized spacial score (nSPS) is 18.6. The monoisotopic (exact) mass is 295 g/mol. The molecule has 0 unspecified atom stereocenters. The molecule has 1 aromatic rings. The van der Waals surface area contributed by atoms with E-state index in [4.69, 9.17) is 0 Å². The molecule has 1 fully saturated rings. The van der Waals surface area contributed by atoms with Gasteiger partial charge in [0.25, 0.3) is 0 Å². The number of aryl methyl sites for hydroxylation is 1. The van der Waals surface area contributed by atoms with Gasteiger partial charge in [0.05, 0.1) is 0 Å². The molecule has 4 heteroatoms. The third-order valence-electron chi connectivity index (χ3n) is 3.96. The van der Waals surface area contributed by atoms with Crippen molar-refractivity contribution >= 4 is 11.3 Å². The van der Waals surface area contributed by atoms with Crippen LogP contribution in [0.5, 0.6) is 0 Å². The van der Waals surface area contributed by atoms with Crippen molar-refractivity contribution < 1.29 is 0 Å². The van der Waals surface area contributed by atoms with Gasteiger partial charge in [0.2, 0.25) is 0 Å². The van der Waals surface area contributed by atoms with Gasteiger partial charge in [-0.05, 0) is 45.1 Å². The summed E-state index contributed by atoms with van der Waals surface area (Å²) < 4.78 is 0. The quantitative estimate of drug-likeness (QED) is 0.901. The van der Waals surface area contributed by atoms with Crippen molar-refractivity contribution in [3.63, 3.8) is 0 Å². The Hall–Kier alpha value is -0.420. The minimum Gasteiger partial charge on any atom is -0.310 e. The van der Waals surface area contributed by atoms with E-state index in [2.05, 4.69) is 49.0 Å². The Morgan fingerprint density at radius 2 is 2.05 bits per heavy atom. The van der Waals surface area contributed by atoms with Gasteiger partial charge >= 0.3 is 0 Å². The summed E-state index contributed by atoms with van der Waals surface area (Å²) in [6.45, 7) is 13.7. The van der Waals surface area contributed by atoms with Crippen LogP contribution >= 0.6 is 11.3 Å². The molecule has 0 aliphatic carbocycles. The Bertz CT molecular complexity index is 414. The zero-order chi connectivity index (χ0) is 14.5. The standard InChI is InChI=1S/C16H29N3S/c1-13(2)17-11-16-10-15(14(3)20-16)12-19-7-5-6-18(4)8-9-19/h10,13,17H,5-9,11-12H2,1-4H3. The SMILES string of the molecule is Cc1sc(CNC(C)C)cc1CN1CCCN(C)CC1. The van der Waals surface area contributed by atoms with E-state index in [1.165, 1.54) is 47.9 Å². The van der Waals surface area contributed by atoms with Crippen LogP contribution < -0.4 is 5.32 Å².